The normalized spacial score (nSPS) is 12.6. The Hall–Kier alpha value is -5.05. The zero-order chi connectivity index (χ0) is 25.2. The third kappa shape index (κ3) is 4.50. The highest BCUT2D eigenvalue weighted by Crippen LogP contribution is 2.32. The molecule has 4 heterocycles. The second-order valence-corrected chi connectivity index (χ2v) is 8.57. The number of aryl methyl sites for hydroxylation is 1. The smallest absolute Gasteiger partial charge is 0.228 e. The predicted octanol–water partition coefficient (Wildman–Crippen LogP) is 5.11. The van der Waals surface area contributed by atoms with Gasteiger partial charge in [0, 0.05) is 31.2 Å². The molecule has 3 aromatic heterocycles. The molecule has 2 aromatic carbocycles. The molecule has 0 unspecified atom stereocenters. The molecule has 9 heteroatoms. The molecule has 0 saturated carbocycles. The van der Waals surface area contributed by atoms with Crippen LogP contribution in [-0.4, -0.2) is 37.6 Å². The van der Waals surface area contributed by atoms with Crippen LogP contribution in [0.3, 0.4) is 0 Å². The lowest BCUT2D eigenvalue weighted by Gasteiger charge is -2.27. The summed E-state index contributed by atoms with van der Waals surface area (Å²) >= 11 is 0. The maximum absolute atomic E-state index is 6.17. The number of fused-ring (bicyclic) bond motifs is 1. The highest BCUT2D eigenvalue weighted by Gasteiger charge is 2.22. The number of hydrogen-bond acceptors (Lipinski definition) is 8. The van der Waals surface area contributed by atoms with E-state index in [0.29, 0.717) is 24.1 Å². The topological polar surface area (TPSA) is 93.4 Å². The number of nitrogens with zero attached hydrogens (tertiary/aromatic N) is 7. The summed E-state index contributed by atoms with van der Waals surface area (Å²) in [6.07, 6.45) is 7.22. The van der Waals surface area contributed by atoms with Gasteiger partial charge in [-0.3, -0.25) is 5.01 Å². The number of anilines is 2. The van der Waals surface area contributed by atoms with Crippen LogP contribution in [0, 0.1) is 6.92 Å². The van der Waals surface area contributed by atoms with Crippen molar-refractivity contribution >= 4 is 17.5 Å². The van der Waals surface area contributed by atoms with Crippen LogP contribution in [0.5, 0.6) is 11.6 Å². The zero-order valence-electron chi connectivity index (χ0n) is 20.4. The lowest BCUT2D eigenvalue weighted by Crippen LogP contribution is -2.29. The molecule has 0 bridgehead atoms. The first-order chi connectivity index (χ1) is 18.2. The van der Waals surface area contributed by atoms with E-state index in [9.17, 15) is 0 Å². The SMILES string of the molecule is CNc1nccc(-c2cccnc2Oc2ccc(N3Cc4ccccc4C(n4cc(C)cn4)=N3)cc2)n1. The van der Waals surface area contributed by atoms with E-state index < -0.39 is 0 Å². The van der Waals surface area contributed by atoms with Gasteiger partial charge in [0.15, 0.2) is 5.84 Å². The van der Waals surface area contributed by atoms with Gasteiger partial charge in [0.05, 0.1) is 29.7 Å². The molecule has 0 radical (unpaired) electrons. The van der Waals surface area contributed by atoms with Gasteiger partial charge < -0.3 is 10.1 Å². The Morgan fingerprint density at radius 2 is 1.73 bits per heavy atom. The lowest BCUT2D eigenvalue weighted by atomic mass is 10.0. The molecular weight excluding hydrogens is 464 g/mol. The first-order valence-corrected chi connectivity index (χ1v) is 11.9. The Morgan fingerprint density at radius 3 is 2.54 bits per heavy atom. The third-order valence-corrected chi connectivity index (χ3v) is 6.00. The van der Waals surface area contributed by atoms with Crippen LogP contribution in [-0.2, 0) is 6.54 Å². The van der Waals surface area contributed by atoms with Crippen LogP contribution in [0.4, 0.5) is 11.6 Å². The number of rotatable bonds is 5. The first kappa shape index (κ1) is 22.4. The van der Waals surface area contributed by atoms with E-state index in [2.05, 4.69) is 37.5 Å². The molecule has 0 atom stereocenters. The molecule has 6 rings (SSSR count). The standard InChI is InChI=1S/C28H24N8O/c1-19-16-32-36(17-19)26-23-7-4-3-6-20(23)18-35(34-26)21-9-11-22(12-10-21)37-27-24(8-5-14-30-27)25-13-15-31-28(29-2)33-25/h3-17H,18H2,1-2H3,(H,29,31,33). The maximum atomic E-state index is 6.17. The number of hydrazone groups is 1. The summed E-state index contributed by atoms with van der Waals surface area (Å²) in [4.78, 5) is 13.2. The van der Waals surface area contributed by atoms with Crippen molar-refractivity contribution in [1.29, 1.82) is 0 Å². The molecule has 1 N–H and O–H groups in total. The van der Waals surface area contributed by atoms with Crippen molar-refractivity contribution in [2.75, 3.05) is 17.4 Å². The first-order valence-electron chi connectivity index (χ1n) is 11.9. The van der Waals surface area contributed by atoms with Crippen LogP contribution >= 0.6 is 0 Å². The molecule has 37 heavy (non-hydrogen) atoms. The minimum Gasteiger partial charge on any atom is -0.438 e. The van der Waals surface area contributed by atoms with Crippen LogP contribution in [0.1, 0.15) is 16.7 Å². The number of benzene rings is 2. The summed E-state index contributed by atoms with van der Waals surface area (Å²) in [5, 5.41) is 14.4. The summed E-state index contributed by atoms with van der Waals surface area (Å²) in [6.45, 7) is 2.68. The quantitative estimate of drug-likeness (QED) is 0.368. The molecule has 182 valence electrons. The average Bonchev–Trinajstić information content (AvgIpc) is 3.39. The zero-order valence-corrected chi connectivity index (χ0v) is 20.4. The van der Waals surface area contributed by atoms with E-state index in [1.165, 1.54) is 5.56 Å². The summed E-state index contributed by atoms with van der Waals surface area (Å²) in [6, 6.07) is 21.7. The molecule has 0 saturated heterocycles. The van der Waals surface area contributed by atoms with Crippen molar-refractivity contribution in [1.82, 2.24) is 24.7 Å². The molecule has 0 spiro atoms. The van der Waals surface area contributed by atoms with Gasteiger partial charge in [0.1, 0.15) is 5.75 Å². The summed E-state index contributed by atoms with van der Waals surface area (Å²) in [5.74, 6) is 2.46. The third-order valence-electron chi connectivity index (χ3n) is 6.00. The molecule has 5 aromatic rings. The van der Waals surface area contributed by atoms with Crippen molar-refractivity contribution in [3.8, 4) is 22.9 Å². The van der Waals surface area contributed by atoms with Gasteiger partial charge in [0.2, 0.25) is 11.8 Å². The number of aromatic nitrogens is 5. The molecule has 1 aliphatic heterocycles. The maximum Gasteiger partial charge on any atom is 0.228 e. The second-order valence-electron chi connectivity index (χ2n) is 8.57. The van der Waals surface area contributed by atoms with E-state index in [4.69, 9.17) is 9.84 Å². The van der Waals surface area contributed by atoms with Crippen LogP contribution < -0.4 is 15.1 Å². The molecule has 1 aliphatic rings. The van der Waals surface area contributed by atoms with E-state index >= 15 is 0 Å². The van der Waals surface area contributed by atoms with Crippen molar-refractivity contribution in [3.05, 3.63) is 108 Å². The largest absolute Gasteiger partial charge is 0.438 e. The van der Waals surface area contributed by atoms with Gasteiger partial charge in [-0.1, -0.05) is 24.3 Å². The molecule has 0 aliphatic carbocycles. The van der Waals surface area contributed by atoms with Gasteiger partial charge in [-0.15, -0.1) is 0 Å². The molecule has 0 amide bonds. The van der Waals surface area contributed by atoms with Crippen molar-refractivity contribution in [2.24, 2.45) is 5.10 Å². The van der Waals surface area contributed by atoms with Gasteiger partial charge in [-0.05, 0) is 60.5 Å². The Bertz CT molecular complexity index is 1590. The number of ether oxygens (including phenoxy) is 1. The minimum absolute atomic E-state index is 0.470. The van der Waals surface area contributed by atoms with E-state index in [0.717, 1.165) is 33.9 Å². The number of nitrogens with one attached hydrogen (secondary N) is 1. The second kappa shape index (κ2) is 9.54. The summed E-state index contributed by atoms with van der Waals surface area (Å²) in [7, 11) is 1.78. The monoisotopic (exact) mass is 488 g/mol. The molecular formula is C28H24N8O. The highest BCUT2D eigenvalue weighted by molar-refractivity contribution is 6.02. The van der Waals surface area contributed by atoms with Crippen molar-refractivity contribution in [2.45, 2.75) is 13.5 Å². The van der Waals surface area contributed by atoms with Gasteiger partial charge >= 0.3 is 0 Å². The fourth-order valence-corrected chi connectivity index (χ4v) is 4.18. The summed E-state index contributed by atoms with van der Waals surface area (Å²) < 4.78 is 8.00. The van der Waals surface area contributed by atoms with Crippen LogP contribution in [0.15, 0.2) is 96.6 Å². The minimum atomic E-state index is 0.470. The van der Waals surface area contributed by atoms with E-state index in [-0.39, 0.29) is 0 Å². The average molecular weight is 489 g/mol. The predicted molar refractivity (Wildman–Crippen MR) is 143 cm³/mol. The van der Waals surface area contributed by atoms with Gasteiger partial charge in [-0.25, -0.2) is 19.6 Å². The Kier molecular flexibility index (Phi) is 5.78. The fraction of sp³-hybridized carbons (Fsp3) is 0.107. The number of pyridine rings is 1. The van der Waals surface area contributed by atoms with E-state index in [1.807, 2.05) is 83.6 Å². The highest BCUT2D eigenvalue weighted by atomic mass is 16.5. The molecule has 0 fully saturated rings. The Morgan fingerprint density at radius 1 is 0.892 bits per heavy atom. The Balaban J connectivity index is 1.28. The fourth-order valence-electron chi connectivity index (χ4n) is 4.18. The number of hydrogen-bond donors (Lipinski definition) is 1. The van der Waals surface area contributed by atoms with E-state index in [1.54, 1.807) is 19.4 Å². The Labute approximate surface area is 214 Å². The van der Waals surface area contributed by atoms with Crippen LogP contribution in [0.2, 0.25) is 0 Å². The van der Waals surface area contributed by atoms with Crippen molar-refractivity contribution in [3.63, 3.8) is 0 Å². The van der Waals surface area contributed by atoms with Gasteiger partial charge in [0.25, 0.3) is 0 Å². The van der Waals surface area contributed by atoms with Crippen LogP contribution in [0.25, 0.3) is 11.3 Å². The van der Waals surface area contributed by atoms with Crippen molar-refractivity contribution < 1.29 is 4.74 Å². The molecule has 9 nitrogen and oxygen atoms in total. The summed E-state index contributed by atoms with van der Waals surface area (Å²) in [5.41, 5.74) is 5.79. The van der Waals surface area contributed by atoms with Gasteiger partial charge in [-0.2, -0.15) is 10.2 Å². The lowest BCUT2D eigenvalue weighted by molar-refractivity contribution is 0.464.